The molecule has 1 saturated carbocycles. The highest BCUT2D eigenvalue weighted by atomic mass is 16.2. The van der Waals surface area contributed by atoms with Crippen molar-refractivity contribution in [2.24, 2.45) is 5.92 Å². The van der Waals surface area contributed by atoms with E-state index in [1.54, 1.807) is 0 Å². The van der Waals surface area contributed by atoms with E-state index in [1.807, 2.05) is 23.1 Å². The summed E-state index contributed by atoms with van der Waals surface area (Å²) in [5, 5.41) is 0. The predicted molar refractivity (Wildman–Crippen MR) is 62.4 cm³/mol. The lowest BCUT2D eigenvalue weighted by atomic mass is 9.84. The fourth-order valence-electron chi connectivity index (χ4n) is 2.48. The number of hydrogen-bond donors (Lipinski definition) is 1. The van der Waals surface area contributed by atoms with E-state index in [4.69, 9.17) is 5.73 Å². The van der Waals surface area contributed by atoms with Crippen LogP contribution in [0.5, 0.6) is 0 Å². The molecule has 0 unspecified atom stereocenters. The molecule has 3 heteroatoms. The molecular weight excluding hydrogens is 200 g/mol. The van der Waals surface area contributed by atoms with Gasteiger partial charge in [0.2, 0.25) is 5.91 Å². The summed E-state index contributed by atoms with van der Waals surface area (Å²) in [7, 11) is 0. The second-order valence-electron chi connectivity index (χ2n) is 4.85. The molecule has 1 aliphatic carbocycles. The van der Waals surface area contributed by atoms with Crippen LogP contribution in [-0.2, 0) is 17.9 Å². The molecule has 3 nitrogen and oxygen atoms in total. The average molecular weight is 216 g/mol. The van der Waals surface area contributed by atoms with Crippen LogP contribution in [0.2, 0.25) is 0 Å². The van der Waals surface area contributed by atoms with Gasteiger partial charge in [0, 0.05) is 24.7 Å². The van der Waals surface area contributed by atoms with E-state index < -0.39 is 0 Å². The number of amides is 1. The first-order valence-electron chi connectivity index (χ1n) is 5.90. The Morgan fingerprint density at radius 1 is 1.25 bits per heavy atom. The summed E-state index contributed by atoms with van der Waals surface area (Å²) in [5.74, 6) is 0.632. The zero-order valence-corrected chi connectivity index (χ0v) is 9.28. The second-order valence-corrected chi connectivity index (χ2v) is 4.85. The van der Waals surface area contributed by atoms with Crippen LogP contribution in [0, 0.1) is 5.92 Å². The van der Waals surface area contributed by atoms with Gasteiger partial charge in [-0.05, 0) is 36.1 Å². The molecule has 1 heterocycles. The first-order valence-corrected chi connectivity index (χ1v) is 5.90. The molecule has 1 fully saturated rings. The van der Waals surface area contributed by atoms with Crippen molar-refractivity contribution in [2.75, 3.05) is 5.73 Å². The van der Waals surface area contributed by atoms with Crippen LogP contribution in [0.1, 0.15) is 30.4 Å². The number of nitrogens with two attached hydrogens (primary N) is 1. The summed E-state index contributed by atoms with van der Waals surface area (Å²) in [6.07, 6.45) is 3.37. The fourth-order valence-corrected chi connectivity index (χ4v) is 2.48. The molecule has 2 aliphatic rings. The maximum Gasteiger partial charge on any atom is 0.226 e. The molecule has 84 valence electrons. The highest BCUT2D eigenvalue weighted by Crippen LogP contribution is 2.32. The van der Waals surface area contributed by atoms with Gasteiger partial charge in [0.1, 0.15) is 0 Å². The van der Waals surface area contributed by atoms with Gasteiger partial charge in [0.25, 0.3) is 0 Å². The molecule has 1 amide bonds. The molecule has 1 aromatic carbocycles. The zero-order chi connectivity index (χ0) is 11.1. The van der Waals surface area contributed by atoms with E-state index >= 15 is 0 Å². The van der Waals surface area contributed by atoms with Gasteiger partial charge in [-0.15, -0.1) is 0 Å². The minimum absolute atomic E-state index is 0.298. The lowest BCUT2D eigenvalue weighted by Crippen LogP contribution is -2.35. The lowest BCUT2D eigenvalue weighted by Gasteiger charge is -2.28. The molecule has 2 N–H and O–H groups in total. The van der Waals surface area contributed by atoms with Crippen molar-refractivity contribution in [3.05, 3.63) is 29.3 Å². The Morgan fingerprint density at radius 3 is 2.69 bits per heavy atom. The van der Waals surface area contributed by atoms with Crippen LogP contribution in [0.15, 0.2) is 18.2 Å². The number of nitrogen functional groups attached to an aromatic ring is 1. The summed E-state index contributed by atoms with van der Waals surface area (Å²) in [6, 6.07) is 5.94. The average Bonchev–Trinajstić information content (AvgIpc) is 2.57. The Morgan fingerprint density at radius 2 is 2.00 bits per heavy atom. The van der Waals surface area contributed by atoms with Crippen LogP contribution in [0.3, 0.4) is 0 Å². The second kappa shape index (κ2) is 3.51. The molecule has 0 spiro atoms. The number of rotatable bonds is 1. The number of fused-ring (bicyclic) bond motifs is 1. The maximum atomic E-state index is 12.1. The number of carbonyl (C=O) groups excluding carboxylic acids is 1. The largest absolute Gasteiger partial charge is 0.399 e. The van der Waals surface area contributed by atoms with Gasteiger partial charge < -0.3 is 10.6 Å². The maximum absolute atomic E-state index is 12.1. The van der Waals surface area contributed by atoms with Crippen molar-refractivity contribution >= 4 is 11.6 Å². The molecule has 1 aliphatic heterocycles. The third kappa shape index (κ3) is 1.47. The van der Waals surface area contributed by atoms with Crippen LogP contribution in [0.4, 0.5) is 5.69 Å². The van der Waals surface area contributed by atoms with Crippen LogP contribution in [-0.4, -0.2) is 10.8 Å². The van der Waals surface area contributed by atoms with Crippen molar-refractivity contribution in [3.8, 4) is 0 Å². The highest BCUT2D eigenvalue weighted by Gasteiger charge is 2.32. The van der Waals surface area contributed by atoms with Gasteiger partial charge >= 0.3 is 0 Å². The van der Waals surface area contributed by atoms with Crippen LogP contribution < -0.4 is 5.73 Å². The van der Waals surface area contributed by atoms with Gasteiger partial charge in [0.15, 0.2) is 0 Å². The molecule has 0 radical (unpaired) electrons. The Balaban J connectivity index is 1.77. The number of nitrogens with zero attached hydrogens (tertiary/aromatic N) is 1. The normalized spacial score (nSPS) is 19.4. The first-order chi connectivity index (χ1) is 7.74. The monoisotopic (exact) mass is 216 g/mol. The number of anilines is 1. The van der Waals surface area contributed by atoms with E-state index in [1.165, 1.54) is 17.5 Å². The Bertz CT molecular complexity index is 438. The Hall–Kier alpha value is -1.51. The molecule has 0 atom stereocenters. The Kier molecular flexibility index (Phi) is 2.13. The molecule has 0 saturated heterocycles. The third-order valence-electron chi connectivity index (χ3n) is 3.72. The van der Waals surface area contributed by atoms with Crippen molar-refractivity contribution < 1.29 is 4.79 Å². The van der Waals surface area contributed by atoms with Crippen molar-refractivity contribution in [2.45, 2.75) is 32.4 Å². The summed E-state index contributed by atoms with van der Waals surface area (Å²) in [4.78, 5) is 14.0. The third-order valence-corrected chi connectivity index (χ3v) is 3.72. The summed E-state index contributed by atoms with van der Waals surface area (Å²) in [6.45, 7) is 1.51. The van der Waals surface area contributed by atoms with Crippen LogP contribution in [0.25, 0.3) is 0 Å². The lowest BCUT2D eigenvalue weighted by molar-refractivity contribution is -0.138. The molecule has 1 aromatic rings. The SMILES string of the molecule is Nc1ccc2c(c1)CN(C(=O)C1CCC1)C2. The van der Waals surface area contributed by atoms with Gasteiger partial charge in [-0.25, -0.2) is 0 Å². The van der Waals surface area contributed by atoms with Gasteiger partial charge in [-0.1, -0.05) is 12.5 Å². The van der Waals surface area contributed by atoms with E-state index in [0.29, 0.717) is 11.8 Å². The van der Waals surface area contributed by atoms with Gasteiger partial charge in [-0.3, -0.25) is 4.79 Å². The van der Waals surface area contributed by atoms with Gasteiger partial charge in [-0.2, -0.15) is 0 Å². The minimum atomic E-state index is 0.298. The van der Waals surface area contributed by atoms with E-state index in [2.05, 4.69) is 0 Å². The molecule has 3 rings (SSSR count). The first kappa shape index (κ1) is 9.70. The fraction of sp³-hybridized carbons (Fsp3) is 0.462. The standard InChI is InChI=1S/C13H16N2O/c14-12-5-4-10-7-15(8-11(10)6-12)13(16)9-2-1-3-9/h4-6,9H,1-3,7-8,14H2. The van der Waals surface area contributed by atoms with Crippen LogP contribution >= 0.6 is 0 Å². The van der Waals surface area contributed by atoms with E-state index in [-0.39, 0.29) is 0 Å². The summed E-state index contributed by atoms with van der Waals surface area (Å²) >= 11 is 0. The smallest absolute Gasteiger partial charge is 0.226 e. The quantitative estimate of drug-likeness (QED) is 0.729. The highest BCUT2D eigenvalue weighted by molar-refractivity contribution is 5.80. The van der Waals surface area contributed by atoms with Crippen molar-refractivity contribution in [1.29, 1.82) is 0 Å². The molecular formula is C13H16N2O. The minimum Gasteiger partial charge on any atom is -0.399 e. The predicted octanol–water partition coefficient (Wildman–Crippen LogP) is 1.91. The molecule has 0 bridgehead atoms. The molecule has 0 aromatic heterocycles. The van der Waals surface area contributed by atoms with Crippen molar-refractivity contribution in [3.63, 3.8) is 0 Å². The summed E-state index contributed by atoms with van der Waals surface area (Å²) < 4.78 is 0. The summed E-state index contributed by atoms with van der Waals surface area (Å²) in [5.41, 5.74) is 9.00. The van der Waals surface area contributed by atoms with Gasteiger partial charge in [0.05, 0.1) is 0 Å². The topological polar surface area (TPSA) is 46.3 Å². The number of hydrogen-bond acceptors (Lipinski definition) is 2. The number of benzene rings is 1. The van der Waals surface area contributed by atoms with E-state index in [0.717, 1.165) is 31.6 Å². The zero-order valence-electron chi connectivity index (χ0n) is 9.28. The molecule has 16 heavy (non-hydrogen) atoms. The Labute approximate surface area is 95.2 Å². The number of carbonyl (C=O) groups is 1. The van der Waals surface area contributed by atoms with E-state index in [9.17, 15) is 4.79 Å². The van der Waals surface area contributed by atoms with Crippen molar-refractivity contribution in [1.82, 2.24) is 4.90 Å².